The Hall–Kier alpha value is -1.65. The van der Waals surface area contributed by atoms with E-state index in [9.17, 15) is 14.4 Å². The van der Waals surface area contributed by atoms with Gasteiger partial charge in [0.05, 0.1) is 0 Å². The van der Waals surface area contributed by atoms with Crippen LogP contribution in [0.1, 0.15) is 6.92 Å². The average molecular weight is 172 g/mol. The number of carbonyl (C=O) groups excluding carboxylic acids is 1. The van der Waals surface area contributed by atoms with E-state index in [0.717, 1.165) is 12.2 Å². The highest BCUT2D eigenvalue weighted by molar-refractivity contribution is 6.33. The van der Waals surface area contributed by atoms with E-state index >= 15 is 0 Å². The highest BCUT2D eigenvalue weighted by Crippen LogP contribution is 1.98. The first-order valence-electron chi connectivity index (χ1n) is 3.13. The molecule has 66 valence electrons. The molecule has 0 aromatic rings. The van der Waals surface area contributed by atoms with Crippen LogP contribution in [0.4, 0.5) is 0 Å². The lowest BCUT2D eigenvalue weighted by atomic mass is 10.1. The van der Waals surface area contributed by atoms with Crippen LogP contribution in [0.3, 0.4) is 0 Å². The van der Waals surface area contributed by atoms with Crippen LogP contribution in [0.2, 0.25) is 0 Å². The van der Waals surface area contributed by atoms with Crippen LogP contribution in [0, 0.1) is 5.92 Å². The first-order valence-corrected chi connectivity index (χ1v) is 3.13. The van der Waals surface area contributed by atoms with Crippen LogP contribution in [-0.4, -0.2) is 27.9 Å². The number of Topliss-reactive ketones (excluding diaryl/α,β-unsaturated/α-hetero) is 1. The lowest BCUT2D eigenvalue weighted by Crippen LogP contribution is -2.19. The van der Waals surface area contributed by atoms with Crippen molar-refractivity contribution < 1.29 is 24.6 Å². The minimum atomic E-state index is -1.56. The smallest absolute Gasteiger partial charge is 0.372 e. The maximum atomic E-state index is 10.6. The summed E-state index contributed by atoms with van der Waals surface area (Å²) in [6.07, 6.45) is 1.77. The van der Waals surface area contributed by atoms with Gasteiger partial charge in [-0.1, -0.05) is 13.0 Å². The number of carbonyl (C=O) groups is 3. The molecule has 0 aromatic carbocycles. The van der Waals surface area contributed by atoms with Gasteiger partial charge >= 0.3 is 11.9 Å². The molecule has 0 aromatic heterocycles. The molecule has 0 aliphatic rings. The molecule has 0 fully saturated rings. The second-order valence-electron chi connectivity index (χ2n) is 2.16. The van der Waals surface area contributed by atoms with Crippen LogP contribution in [0.25, 0.3) is 0 Å². The molecule has 0 saturated carbocycles. The maximum absolute atomic E-state index is 10.6. The van der Waals surface area contributed by atoms with Gasteiger partial charge in [0.25, 0.3) is 0 Å². The Labute approximate surface area is 68.3 Å². The minimum absolute atomic E-state index is 0.742. The number of ketones is 1. The van der Waals surface area contributed by atoms with Crippen molar-refractivity contribution in [3.8, 4) is 0 Å². The molecule has 2 N–H and O–H groups in total. The lowest BCUT2D eigenvalue weighted by Gasteiger charge is -1.97. The zero-order valence-corrected chi connectivity index (χ0v) is 6.35. The number of carboxylic acids is 2. The molecule has 0 saturated heterocycles. The second-order valence-corrected chi connectivity index (χ2v) is 2.16. The van der Waals surface area contributed by atoms with E-state index in [-0.39, 0.29) is 0 Å². The Balaban J connectivity index is 4.22. The number of hydrogen-bond acceptors (Lipinski definition) is 3. The SMILES string of the molecule is C[C@@H](/C=C\C(=O)O)C(=O)C(=O)O. The molecule has 12 heavy (non-hydrogen) atoms. The standard InChI is InChI=1S/C7H8O5/c1-4(2-3-5(8)9)6(10)7(11)12/h2-4H,1H3,(H,8,9)(H,11,12)/b3-2-/t4-/m0/s1. The fraction of sp³-hybridized carbons (Fsp3) is 0.286. The molecule has 1 atom stereocenters. The van der Waals surface area contributed by atoms with Gasteiger partial charge in [0.2, 0.25) is 5.78 Å². The minimum Gasteiger partial charge on any atom is -0.478 e. The molecule has 0 bridgehead atoms. The summed E-state index contributed by atoms with van der Waals surface area (Å²) >= 11 is 0. The van der Waals surface area contributed by atoms with Gasteiger partial charge in [0.15, 0.2) is 0 Å². The summed E-state index contributed by atoms with van der Waals surface area (Å²) in [5.74, 6) is -4.69. The van der Waals surface area contributed by atoms with Crippen molar-refractivity contribution in [1.82, 2.24) is 0 Å². The monoisotopic (exact) mass is 172 g/mol. The van der Waals surface area contributed by atoms with Gasteiger partial charge in [-0.05, 0) is 0 Å². The Morgan fingerprint density at radius 3 is 2.08 bits per heavy atom. The number of hydrogen-bond donors (Lipinski definition) is 2. The van der Waals surface area contributed by atoms with Crippen LogP contribution >= 0.6 is 0 Å². The van der Waals surface area contributed by atoms with Crippen molar-refractivity contribution in [2.45, 2.75) is 6.92 Å². The zero-order chi connectivity index (χ0) is 9.72. The molecular formula is C7H8O5. The maximum Gasteiger partial charge on any atom is 0.372 e. The summed E-state index contributed by atoms with van der Waals surface area (Å²) in [6, 6.07) is 0. The van der Waals surface area contributed by atoms with E-state index in [1.165, 1.54) is 6.92 Å². The van der Waals surface area contributed by atoms with Crippen molar-refractivity contribution in [3.63, 3.8) is 0 Å². The third kappa shape index (κ3) is 3.50. The number of carboxylic acid groups (broad SMARTS) is 2. The molecule has 5 nitrogen and oxygen atoms in total. The Morgan fingerprint density at radius 1 is 1.25 bits per heavy atom. The Kier molecular flexibility index (Phi) is 3.69. The summed E-state index contributed by atoms with van der Waals surface area (Å²) < 4.78 is 0. The van der Waals surface area contributed by atoms with Gasteiger partial charge in [0, 0.05) is 12.0 Å². The zero-order valence-electron chi connectivity index (χ0n) is 6.35. The van der Waals surface area contributed by atoms with Crippen LogP contribution in [0.5, 0.6) is 0 Å². The van der Waals surface area contributed by atoms with Gasteiger partial charge in [-0.2, -0.15) is 0 Å². The van der Waals surface area contributed by atoms with Crippen molar-refractivity contribution in [1.29, 1.82) is 0 Å². The summed E-state index contributed by atoms with van der Waals surface area (Å²) in [7, 11) is 0. The van der Waals surface area contributed by atoms with E-state index < -0.39 is 23.6 Å². The van der Waals surface area contributed by atoms with Gasteiger partial charge in [-0.25, -0.2) is 9.59 Å². The van der Waals surface area contributed by atoms with Crippen molar-refractivity contribution >= 4 is 17.7 Å². The molecule has 0 spiro atoms. The number of allylic oxidation sites excluding steroid dienone is 1. The largest absolute Gasteiger partial charge is 0.478 e. The van der Waals surface area contributed by atoms with Crippen LogP contribution in [0.15, 0.2) is 12.2 Å². The van der Waals surface area contributed by atoms with Crippen molar-refractivity contribution in [2.75, 3.05) is 0 Å². The topological polar surface area (TPSA) is 91.7 Å². The Bertz CT molecular complexity index is 240. The molecule has 0 aliphatic heterocycles. The summed E-state index contributed by atoms with van der Waals surface area (Å²) in [4.78, 5) is 30.6. The van der Waals surface area contributed by atoms with Crippen molar-refractivity contribution in [3.05, 3.63) is 12.2 Å². The van der Waals surface area contributed by atoms with E-state index in [4.69, 9.17) is 10.2 Å². The quantitative estimate of drug-likeness (QED) is 0.457. The summed E-state index contributed by atoms with van der Waals surface area (Å²) in [6.45, 7) is 1.32. The second kappa shape index (κ2) is 4.27. The van der Waals surface area contributed by atoms with E-state index in [0.29, 0.717) is 0 Å². The fourth-order valence-electron chi connectivity index (χ4n) is 0.509. The molecule has 0 unspecified atom stereocenters. The number of rotatable bonds is 4. The molecule has 0 amide bonds. The first-order chi connectivity index (χ1) is 5.45. The van der Waals surface area contributed by atoms with E-state index in [1.54, 1.807) is 0 Å². The highest BCUT2D eigenvalue weighted by atomic mass is 16.4. The molecule has 0 rings (SSSR count). The third-order valence-electron chi connectivity index (χ3n) is 1.15. The predicted molar refractivity (Wildman–Crippen MR) is 38.6 cm³/mol. The van der Waals surface area contributed by atoms with Gasteiger partial charge in [0.1, 0.15) is 0 Å². The average Bonchev–Trinajstić information content (AvgIpc) is 1.98. The normalized spacial score (nSPS) is 12.8. The Morgan fingerprint density at radius 2 is 1.75 bits per heavy atom. The van der Waals surface area contributed by atoms with Crippen molar-refractivity contribution in [2.24, 2.45) is 5.92 Å². The van der Waals surface area contributed by atoms with Crippen LogP contribution < -0.4 is 0 Å². The third-order valence-corrected chi connectivity index (χ3v) is 1.15. The van der Waals surface area contributed by atoms with Gasteiger partial charge in [-0.15, -0.1) is 0 Å². The molecule has 0 radical (unpaired) electrons. The van der Waals surface area contributed by atoms with Gasteiger partial charge < -0.3 is 10.2 Å². The molecular weight excluding hydrogens is 164 g/mol. The van der Waals surface area contributed by atoms with Crippen LogP contribution in [-0.2, 0) is 14.4 Å². The van der Waals surface area contributed by atoms with E-state index in [1.807, 2.05) is 0 Å². The highest BCUT2D eigenvalue weighted by Gasteiger charge is 2.17. The molecule has 0 aliphatic carbocycles. The lowest BCUT2D eigenvalue weighted by molar-refractivity contribution is -0.150. The number of aliphatic carboxylic acids is 2. The summed E-state index contributed by atoms with van der Waals surface area (Å²) in [5, 5.41) is 16.3. The fourth-order valence-corrected chi connectivity index (χ4v) is 0.509. The van der Waals surface area contributed by atoms with E-state index in [2.05, 4.69) is 0 Å². The predicted octanol–water partition coefficient (Wildman–Crippen LogP) is -0.0830. The van der Waals surface area contributed by atoms with Gasteiger partial charge in [-0.3, -0.25) is 4.79 Å². The summed E-state index contributed by atoms with van der Waals surface area (Å²) in [5.41, 5.74) is 0. The molecule has 0 heterocycles. The molecule has 5 heteroatoms. The first kappa shape index (κ1) is 10.3.